The molecule has 0 saturated heterocycles. The zero-order chi connectivity index (χ0) is 8.27. The van der Waals surface area contributed by atoms with Gasteiger partial charge in [-0.2, -0.15) is 0 Å². The van der Waals surface area contributed by atoms with Crippen LogP contribution >= 0.6 is 0 Å². The third-order valence-electron chi connectivity index (χ3n) is 1.89. The van der Waals surface area contributed by atoms with E-state index in [9.17, 15) is 4.79 Å². The van der Waals surface area contributed by atoms with E-state index in [-0.39, 0.29) is 5.97 Å². The third kappa shape index (κ3) is 1.80. The van der Waals surface area contributed by atoms with Crippen LogP contribution in [0.2, 0.25) is 0 Å². The minimum absolute atomic E-state index is 0.177. The molecule has 3 nitrogen and oxygen atoms in total. The molecule has 0 bridgehead atoms. The van der Waals surface area contributed by atoms with E-state index < -0.39 is 0 Å². The summed E-state index contributed by atoms with van der Waals surface area (Å²) in [4.78, 5) is 11.1. The molecule has 11 heavy (non-hydrogen) atoms. The second-order valence-corrected chi connectivity index (χ2v) is 2.68. The first-order chi connectivity index (χ1) is 5.25. The van der Waals surface area contributed by atoms with Crippen LogP contribution in [0, 0.1) is 0 Å². The summed E-state index contributed by atoms with van der Waals surface area (Å²) in [7, 11) is 1.42. The number of ether oxygens (including phenoxy) is 1. The van der Waals surface area contributed by atoms with Crippen molar-refractivity contribution in [3.63, 3.8) is 0 Å². The van der Waals surface area contributed by atoms with Gasteiger partial charge in [0.05, 0.1) is 7.11 Å². The monoisotopic (exact) mass is 155 g/mol. The quantitative estimate of drug-likeness (QED) is 0.559. The number of methoxy groups -OCH3 is 1. The highest BCUT2D eigenvalue weighted by atomic mass is 16.5. The molecule has 1 aliphatic heterocycles. The maximum Gasteiger partial charge on any atom is 0.333 e. The smallest absolute Gasteiger partial charge is 0.333 e. The predicted octanol–water partition coefficient (Wildman–Crippen LogP) is 0.469. The van der Waals surface area contributed by atoms with E-state index in [2.05, 4.69) is 10.1 Å². The highest BCUT2D eigenvalue weighted by Crippen LogP contribution is 2.12. The van der Waals surface area contributed by atoms with Crippen LogP contribution in [0.1, 0.15) is 13.3 Å². The van der Waals surface area contributed by atoms with Crippen molar-refractivity contribution in [2.75, 3.05) is 20.2 Å². The minimum atomic E-state index is -0.177. The molecule has 0 unspecified atom stereocenters. The number of carbonyl (C=O) groups is 1. The molecule has 1 rings (SSSR count). The summed E-state index contributed by atoms with van der Waals surface area (Å²) >= 11 is 0. The molecule has 1 aliphatic rings. The van der Waals surface area contributed by atoms with E-state index in [1.165, 1.54) is 7.11 Å². The first-order valence-corrected chi connectivity index (χ1v) is 3.73. The molecule has 0 aromatic heterocycles. The van der Waals surface area contributed by atoms with Crippen LogP contribution in [0.3, 0.4) is 0 Å². The molecule has 0 aliphatic carbocycles. The fourth-order valence-electron chi connectivity index (χ4n) is 1.21. The summed E-state index contributed by atoms with van der Waals surface area (Å²) in [6.45, 7) is 3.64. The van der Waals surface area contributed by atoms with Crippen LogP contribution in [-0.2, 0) is 9.53 Å². The Bertz CT molecular complexity index is 196. The van der Waals surface area contributed by atoms with Gasteiger partial charge in [0.15, 0.2) is 0 Å². The normalized spacial score (nSPS) is 18.4. The van der Waals surface area contributed by atoms with Gasteiger partial charge in [-0.3, -0.25) is 0 Å². The van der Waals surface area contributed by atoms with Gasteiger partial charge >= 0.3 is 5.97 Å². The van der Waals surface area contributed by atoms with Crippen molar-refractivity contribution >= 4 is 5.97 Å². The summed E-state index contributed by atoms with van der Waals surface area (Å²) in [6.07, 6.45) is 0.790. The average molecular weight is 155 g/mol. The van der Waals surface area contributed by atoms with Gasteiger partial charge in [0.25, 0.3) is 0 Å². The number of hydrogen-bond donors (Lipinski definition) is 1. The standard InChI is InChI=1S/C8H13NO2/c1-6-5-9-4-3-7(6)8(10)11-2/h9H,3-5H2,1-2H3. The van der Waals surface area contributed by atoms with Crippen LogP contribution in [0.5, 0.6) is 0 Å². The molecular formula is C8H13NO2. The summed E-state index contributed by atoms with van der Waals surface area (Å²) < 4.78 is 4.64. The summed E-state index contributed by atoms with van der Waals surface area (Å²) in [5, 5.41) is 3.18. The fourth-order valence-corrected chi connectivity index (χ4v) is 1.21. The van der Waals surface area contributed by atoms with Gasteiger partial charge in [-0.25, -0.2) is 4.79 Å². The number of hydrogen-bond acceptors (Lipinski definition) is 3. The molecule has 0 radical (unpaired) electrons. The molecule has 0 atom stereocenters. The zero-order valence-electron chi connectivity index (χ0n) is 6.94. The van der Waals surface area contributed by atoms with E-state index in [1.54, 1.807) is 0 Å². The predicted molar refractivity (Wildman–Crippen MR) is 42.2 cm³/mol. The molecule has 0 fully saturated rings. The highest BCUT2D eigenvalue weighted by molar-refractivity contribution is 5.89. The Morgan fingerprint density at radius 2 is 2.36 bits per heavy atom. The first kappa shape index (κ1) is 8.27. The number of rotatable bonds is 1. The lowest BCUT2D eigenvalue weighted by molar-refractivity contribution is -0.136. The average Bonchev–Trinajstić information content (AvgIpc) is 2.04. The molecule has 0 saturated carbocycles. The topological polar surface area (TPSA) is 38.3 Å². The summed E-state index contributed by atoms with van der Waals surface area (Å²) in [6, 6.07) is 0. The molecule has 0 aromatic rings. The maximum atomic E-state index is 11.1. The Hall–Kier alpha value is -0.830. The van der Waals surface area contributed by atoms with E-state index in [0.717, 1.165) is 30.7 Å². The lowest BCUT2D eigenvalue weighted by atomic mass is 10.0. The largest absolute Gasteiger partial charge is 0.466 e. The zero-order valence-corrected chi connectivity index (χ0v) is 6.94. The Balaban J connectivity index is 2.74. The van der Waals surface area contributed by atoms with E-state index in [1.807, 2.05) is 6.92 Å². The van der Waals surface area contributed by atoms with Gasteiger partial charge in [0.2, 0.25) is 0 Å². The molecule has 1 heterocycles. The number of nitrogens with one attached hydrogen (secondary N) is 1. The second kappa shape index (κ2) is 3.53. The molecule has 3 heteroatoms. The van der Waals surface area contributed by atoms with Crippen LogP contribution < -0.4 is 5.32 Å². The molecular weight excluding hydrogens is 142 g/mol. The van der Waals surface area contributed by atoms with Gasteiger partial charge in [-0.05, 0) is 25.5 Å². The summed E-state index contributed by atoms with van der Waals surface area (Å²) in [5.41, 5.74) is 1.94. The highest BCUT2D eigenvalue weighted by Gasteiger charge is 2.15. The minimum Gasteiger partial charge on any atom is -0.466 e. The van der Waals surface area contributed by atoms with E-state index in [4.69, 9.17) is 0 Å². The van der Waals surface area contributed by atoms with E-state index in [0.29, 0.717) is 0 Å². The van der Waals surface area contributed by atoms with Crippen LogP contribution in [-0.4, -0.2) is 26.2 Å². The van der Waals surface area contributed by atoms with Crippen molar-refractivity contribution in [3.05, 3.63) is 11.1 Å². The SMILES string of the molecule is COC(=O)C1=C(C)CNCC1. The van der Waals surface area contributed by atoms with Crippen molar-refractivity contribution in [2.45, 2.75) is 13.3 Å². The van der Waals surface area contributed by atoms with E-state index >= 15 is 0 Å². The van der Waals surface area contributed by atoms with Gasteiger partial charge in [0.1, 0.15) is 0 Å². The maximum absolute atomic E-state index is 11.1. The van der Waals surface area contributed by atoms with Crippen molar-refractivity contribution in [3.8, 4) is 0 Å². The first-order valence-electron chi connectivity index (χ1n) is 3.73. The number of carbonyl (C=O) groups excluding carboxylic acids is 1. The molecule has 62 valence electrons. The Morgan fingerprint density at radius 1 is 1.64 bits per heavy atom. The van der Waals surface area contributed by atoms with Crippen molar-refractivity contribution in [1.82, 2.24) is 5.32 Å². The van der Waals surface area contributed by atoms with Crippen LogP contribution in [0.4, 0.5) is 0 Å². The summed E-state index contributed by atoms with van der Waals surface area (Å²) in [5.74, 6) is -0.177. The van der Waals surface area contributed by atoms with Gasteiger partial charge < -0.3 is 10.1 Å². The lowest BCUT2D eigenvalue weighted by Crippen LogP contribution is -2.27. The molecule has 0 aromatic carbocycles. The molecule has 0 amide bonds. The number of esters is 1. The fraction of sp³-hybridized carbons (Fsp3) is 0.625. The molecule has 1 N–H and O–H groups in total. The van der Waals surface area contributed by atoms with Crippen LogP contribution in [0.25, 0.3) is 0 Å². The Morgan fingerprint density at radius 3 is 2.91 bits per heavy atom. The van der Waals surface area contributed by atoms with Crippen molar-refractivity contribution in [1.29, 1.82) is 0 Å². The van der Waals surface area contributed by atoms with Gasteiger partial charge in [0, 0.05) is 12.1 Å². The van der Waals surface area contributed by atoms with Crippen molar-refractivity contribution < 1.29 is 9.53 Å². The van der Waals surface area contributed by atoms with Crippen molar-refractivity contribution in [2.24, 2.45) is 0 Å². The van der Waals surface area contributed by atoms with Gasteiger partial charge in [-0.1, -0.05) is 0 Å². The third-order valence-corrected chi connectivity index (χ3v) is 1.89. The Labute approximate surface area is 66.4 Å². The second-order valence-electron chi connectivity index (χ2n) is 2.68. The Kier molecular flexibility index (Phi) is 2.65. The lowest BCUT2D eigenvalue weighted by Gasteiger charge is -2.16. The van der Waals surface area contributed by atoms with Crippen LogP contribution in [0.15, 0.2) is 11.1 Å². The van der Waals surface area contributed by atoms with Gasteiger partial charge in [-0.15, -0.1) is 0 Å². The molecule has 0 spiro atoms.